The predicted molar refractivity (Wildman–Crippen MR) is 84.9 cm³/mol. The fraction of sp³-hybridized carbons (Fsp3) is 0.438. The van der Waals surface area contributed by atoms with Gasteiger partial charge in [-0.2, -0.15) is 0 Å². The van der Waals surface area contributed by atoms with Crippen LogP contribution in [-0.2, 0) is 20.8 Å². The van der Waals surface area contributed by atoms with Gasteiger partial charge >= 0.3 is 0 Å². The zero-order valence-electron chi connectivity index (χ0n) is 13.3. The molecule has 2 aromatic heterocycles. The number of aryl methyl sites for hydroxylation is 1. The summed E-state index contributed by atoms with van der Waals surface area (Å²) in [5, 5.41) is 11.0. The summed E-state index contributed by atoms with van der Waals surface area (Å²) in [6.45, 7) is 0.681. The van der Waals surface area contributed by atoms with Crippen molar-refractivity contribution in [2.75, 3.05) is 13.1 Å². The molecule has 1 saturated heterocycles. The van der Waals surface area contributed by atoms with Crippen molar-refractivity contribution in [3.05, 3.63) is 30.2 Å². The first kappa shape index (κ1) is 16.1. The summed E-state index contributed by atoms with van der Waals surface area (Å²) in [4.78, 5) is 35.9. The Bertz CT molecular complexity index is 754. The Labute approximate surface area is 138 Å². The molecule has 0 aliphatic carbocycles. The average Bonchev–Trinajstić information content (AvgIpc) is 3.14. The number of fused-ring (bicyclic) bond motifs is 1. The van der Waals surface area contributed by atoms with E-state index in [0.29, 0.717) is 13.0 Å². The molecule has 8 nitrogen and oxygen atoms in total. The maximum Gasteiger partial charge on any atom is 0.229 e. The molecule has 0 spiro atoms. The van der Waals surface area contributed by atoms with Crippen molar-refractivity contribution >= 4 is 23.4 Å². The minimum atomic E-state index is -0.188. The topological polar surface area (TPSA) is 96.7 Å². The number of imide groups is 1. The number of nitrogens with one attached hydrogen (secondary N) is 1. The molecule has 0 unspecified atom stereocenters. The molecular formula is C16H19N5O3. The number of nitrogens with zero attached hydrogens (tertiary/aromatic N) is 4. The third kappa shape index (κ3) is 3.58. The van der Waals surface area contributed by atoms with Gasteiger partial charge in [0.2, 0.25) is 17.7 Å². The zero-order chi connectivity index (χ0) is 16.9. The van der Waals surface area contributed by atoms with E-state index in [4.69, 9.17) is 0 Å². The SMILES string of the molecule is O=C(CCN1C(=O)CCC1=O)NCCCc1nnc2ccccn12. The highest BCUT2D eigenvalue weighted by Gasteiger charge is 2.28. The molecule has 3 heterocycles. The van der Waals surface area contributed by atoms with Crippen LogP contribution >= 0.6 is 0 Å². The van der Waals surface area contributed by atoms with Crippen LogP contribution in [0.15, 0.2) is 24.4 Å². The van der Waals surface area contributed by atoms with Gasteiger partial charge in [0.05, 0.1) is 0 Å². The summed E-state index contributed by atoms with van der Waals surface area (Å²) in [6, 6.07) is 5.71. The van der Waals surface area contributed by atoms with Gasteiger partial charge in [-0.15, -0.1) is 10.2 Å². The Morgan fingerprint density at radius 1 is 1.17 bits per heavy atom. The highest BCUT2D eigenvalue weighted by atomic mass is 16.2. The molecule has 3 amide bonds. The Morgan fingerprint density at radius 3 is 2.75 bits per heavy atom. The monoisotopic (exact) mass is 329 g/mol. The summed E-state index contributed by atoms with van der Waals surface area (Å²) in [5.74, 6) is 0.319. The molecule has 3 rings (SSSR count). The van der Waals surface area contributed by atoms with Crippen molar-refractivity contribution in [1.29, 1.82) is 0 Å². The van der Waals surface area contributed by atoms with Crippen molar-refractivity contribution < 1.29 is 14.4 Å². The van der Waals surface area contributed by atoms with Crippen molar-refractivity contribution in [1.82, 2.24) is 24.8 Å². The third-order valence-electron chi connectivity index (χ3n) is 4.00. The number of carbonyl (C=O) groups excluding carboxylic acids is 3. The first-order chi connectivity index (χ1) is 11.6. The summed E-state index contributed by atoms with van der Waals surface area (Å²) in [7, 11) is 0. The van der Waals surface area contributed by atoms with E-state index >= 15 is 0 Å². The molecular weight excluding hydrogens is 310 g/mol. The lowest BCUT2D eigenvalue weighted by Gasteiger charge is -2.13. The van der Waals surface area contributed by atoms with Crippen LogP contribution < -0.4 is 5.32 Å². The first-order valence-corrected chi connectivity index (χ1v) is 8.03. The van der Waals surface area contributed by atoms with Gasteiger partial charge in [-0.1, -0.05) is 6.07 Å². The van der Waals surface area contributed by atoms with Crippen LogP contribution in [0.3, 0.4) is 0 Å². The number of hydrogen-bond acceptors (Lipinski definition) is 5. The van der Waals surface area contributed by atoms with Gasteiger partial charge < -0.3 is 5.32 Å². The predicted octanol–water partition coefficient (Wildman–Crippen LogP) is 0.317. The number of likely N-dealkylation sites (tertiary alicyclic amines) is 1. The quantitative estimate of drug-likeness (QED) is 0.583. The maximum absolute atomic E-state index is 11.8. The van der Waals surface area contributed by atoms with E-state index < -0.39 is 0 Å². The Kier molecular flexibility index (Phi) is 4.83. The molecule has 24 heavy (non-hydrogen) atoms. The second-order valence-electron chi connectivity index (χ2n) is 5.69. The standard InChI is InChI=1S/C16H19N5O3/c22-14(8-11-21-15(23)6-7-16(21)24)17-9-3-5-13-19-18-12-4-1-2-10-20(12)13/h1-2,4,10H,3,5-9,11H2,(H,17,22). The molecule has 0 bridgehead atoms. The third-order valence-corrected chi connectivity index (χ3v) is 4.00. The van der Waals surface area contributed by atoms with Crippen LogP contribution in [0.1, 0.15) is 31.5 Å². The first-order valence-electron chi connectivity index (χ1n) is 8.03. The smallest absolute Gasteiger partial charge is 0.229 e. The largest absolute Gasteiger partial charge is 0.356 e. The highest BCUT2D eigenvalue weighted by molar-refractivity contribution is 6.02. The van der Waals surface area contributed by atoms with Gasteiger partial charge in [-0.05, 0) is 18.6 Å². The number of amides is 3. The van der Waals surface area contributed by atoms with Crippen LogP contribution in [0, 0.1) is 0 Å². The lowest BCUT2D eigenvalue weighted by Crippen LogP contribution is -2.34. The van der Waals surface area contributed by atoms with E-state index in [1.165, 1.54) is 4.90 Å². The van der Waals surface area contributed by atoms with Crippen molar-refractivity contribution in [3.8, 4) is 0 Å². The van der Waals surface area contributed by atoms with Crippen molar-refractivity contribution in [3.63, 3.8) is 0 Å². The summed E-state index contributed by atoms with van der Waals surface area (Å²) >= 11 is 0. The number of hydrogen-bond donors (Lipinski definition) is 1. The average molecular weight is 329 g/mol. The fourth-order valence-corrected chi connectivity index (χ4v) is 2.71. The highest BCUT2D eigenvalue weighted by Crippen LogP contribution is 2.11. The van der Waals surface area contributed by atoms with Crippen LogP contribution in [0.25, 0.3) is 5.65 Å². The van der Waals surface area contributed by atoms with Gasteiger partial charge in [-0.3, -0.25) is 23.7 Å². The summed E-state index contributed by atoms with van der Waals surface area (Å²) < 4.78 is 1.92. The van der Waals surface area contributed by atoms with E-state index in [9.17, 15) is 14.4 Å². The zero-order valence-corrected chi connectivity index (χ0v) is 13.3. The van der Waals surface area contributed by atoms with Gasteiger partial charge in [0.1, 0.15) is 5.82 Å². The van der Waals surface area contributed by atoms with Crippen molar-refractivity contribution in [2.24, 2.45) is 0 Å². The fourth-order valence-electron chi connectivity index (χ4n) is 2.71. The maximum atomic E-state index is 11.8. The van der Waals surface area contributed by atoms with Crippen LogP contribution in [0.5, 0.6) is 0 Å². The minimum absolute atomic E-state index is 0.144. The normalized spacial score (nSPS) is 14.6. The molecule has 0 radical (unpaired) electrons. The molecule has 126 valence electrons. The molecule has 8 heteroatoms. The number of carbonyl (C=O) groups is 3. The lowest BCUT2D eigenvalue weighted by molar-refractivity contribution is -0.138. The molecule has 1 aliphatic heterocycles. The van der Waals surface area contributed by atoms with E-state index in [1.54, 1.807) is 0 Å². The number of aromatic nitrogens is 3. The molecule has 1 N–H and O–H groups in total. The molecule has 0 atom stereocenters. The summed E-state index contributed by atoms with van der Waals surface area (Å²) in [5.41, 5.74) is 0.802. The van der Waals surface area contributed by atoms with E-state index in [1.807, 2.05) is 28.8 Å². The van der Waals surface area contributed by atoms with Gasteiger partial charge in [-0.25, -0.2) is 0 Å². The van der Waals surface area contributed by atoms with Gasteiger partial charge in [0, 0.05) is 45.0 Å². The van der Waals surface area contributed by atoms with E-state index in [2.05, 4.69) is 15.5 Å². The van der Waals surface area contributed by atoms with Gasteiger partial charge in [0.25, 0.3) is 0 Å². The molecule has 1 fully saturated rings. The van der Waals surface area contributed by atoms with Crippen LogP contribution in [0.4, 0.5) is 0 Å². The lowest BCUT2D eigenvalue weighted by atomic mass is 10.3. The molecule has 0 saturated carbocycles. The number of rotatable bonds is 7. The Morgan fingerprint density at radius 2 is 1.96 bits per heavy atom. The molecule has 2 aromatic rings. The van der Waals surface area contributed by atoms with Crippen LogP contribution in [-0.4, -0.2) is 50.3 Å². The Hall–Kier alpha value is -2.77. The second-order valence-corrected chi connectivity index (χ2v) is 5.69. The second kappa shape index (κ2) is 7.20. The molecule has 0 aromatic carbocycles. The van der Waals surface area contributed by atoms with E-state index in [-0.39, 0.29) is 43.5 Å². The summed E-state index contributed by atoms with van der Waals surface area (Å²) in [6.07, 6.45) is 4.01. The van der Waals surface area contributed by atoms with Gasteiger partial charge in [0.15, 0.2) is 5.65 Å². The Balaban J connectivity index is 1.38. The number of pyridine rings is 1. The van der Waals surface area contributed by atoms with E-state index in [0.717, 1.165) is 17.9 Å². The van der Waals surface area contributed by atoms with Crippen molar-refractivity contribution in [2.45, 2.75) is 32.1 Å². The minimum Gasteiger partial charge on any atom is -0.356 e. The van der Waals surface area contributed by atoms with Crippen LogP contribution in [0.2, 0.25) is 0 Å². The molecule has 1 aliphatic rings.